The molecule has 0 unspecified atom stereocenters. The van der Waals surface area contributed by atoms with Crippen molar-refractivity contribution in [3.8, 4) is 0 Å². The Balaban J connectivity index is 0.000000167. The fourth-order valence-electron chi connectivity index (χ4n) is 5.42. The van der Waals surface area contributed by atoms with Gasteiger partial charge in [0.2, 0.25) is 0 Å². The second-order valence-corrected chi connectivity index (χ2v) is 12.1. The maximum atomic E-state index is 4.86. The number of nitrogens with zero attached hydrogens (tertiary/aromatic N) is 8. The van der Waals surface area contributed by atoms with E-state index in [1.54, 1.807) is 0 Å². The van der Waals surface area contributed by atoms with Gasteiger partial charge in [0.1, 0.15) is 23.3 Å². The zero-order valence-corrected chi connectivity index (χ0v) is 30.2. The molecule has 0 atom stereocenters. The van der Waals surface area contributed by atoms with Gasteiger partial charge in [0.15, 0.2) is 0 Å². The van der Waals surface area contributed by atoms with Crippen LogP contribution in [0.5, 0.6) is 0 Å². The van der Waals surface area contributed by atoms with Crippen LogP contribution in [0.15, 0.2) is 122 Å². The summed E-state index contributed by atoms with van der Waals surface area (Å²) < 4.78 is 0. The van der Waals surface area contributed by atoms with Crippen molar-refractivity contribution < 1.29 is 20.1 Å². The molecular weight excluding hydrogens is 785 g/mol. The van der Waals surface area contributed by atoms with Crippen LogP contribution >= 0.6 is 0 Å². The third-order valence-electron chi connectivity index (χ3n) is 8.04. The van der Waals surface area contributed by atoms with Gasteiger partial charge in [-0.2, -0.15) is 60.7 Å². The first-order valence-electron chi connectivity index (χ1n) is 16.1. The van der Waals surface area contributed by atoms with Crippen molar-refractivity contribution in [2.24, 2.45) is 0 Å². The maximum Gasteiger partial charge on any atom is 0.146 e. The van der Waals surface area contributed by atoms with E-state index in [2.05, 4.69) is 78.9 Å². The summed E-state index contributed by atoms with van der Waals surface area (Å²) in [6.45, 7) is 12.6. The van der Waals surface area contributed by atoms with Crippen LogP contribution in [0.25, 0.3) is 0 Å². The van der Waals surface area contributed by atoms with Gasteiger partial charge in [0.05, 0.1) is 23.8 Å². The third-order valence-corrected chi connectivity index (χ3v) is 8.04. The van der Waals surface area contributed by atoms with Crippen molar-refractivity contribution >= 4 is 46.0 Å². The largest absolute Gasteiger partial charge is 0.477 e. The third kappa shape index (κ3) is 7.04. The predicted octanol–water partition coefficient (Wildman–Crippen LogP) is 9.62. The van der Waals surface area contributed by atoms with E-state index >= 15 is 0 Å². The summed E-state index contributed by atoms with van der Waals surface area (Å²) in [6.07, 6.45) is 3.73. The van der Waals surface area contributed by atoms with Crippen molar-refractivity contribution in [2.75, 3.05) is 19.6 Å². The zero-order valence-electron chi connectivity index (χ0n) is 27.8. The maximum absolute atomic E-state index is 4.86. The minimum Gasteiger partial charge on any atom is -0.477 e. The van der Waals surface area contributed by atoms with Gasteiger partial charge in [-0.1, -0.05) is 64.1 Å². The molecule has 2 aromatic heterocycles. The van der Waals surface area contributed by atoms with Gasteiger partial charge >= 0.3 is 0 Å². The van der Waals surface area contributed by atoms with E-state index < -0.39 is 0 Å². The molecule has 8 nitrogen and oxygen atoms in total. The standard InChI is InChI=1S/2C20H18N4.Ir/c2*1-15(2)18-13-21-19-20(22-18)24(17-11-7-4-8-12-17)14-23(19)16-9-5-3-6-10-16;/h3-9,11-15H,1-2H3;3-11,13-15H,1-2H3;/q2*-2;. The quantitative estimate of drug-likeness (QED) is 0.154. The molecule has 2 aliphatic heterocycles. The summed E-state index contributed by atoms with van der Waals surface area (Å²) in [5.74, 6) is 4.01. The van der Waals surface area contributed by atoms with Crippen molar-refractivity contribution in [2.45, 2.75) is 39.5 Å². The molecule has 0 amide bonds. The van der Waals surface area contributed by atoms with Crippen LogP contribution in [0.3, 0.4) is 0 Å². The summed E-state index contributed by atoms with van der Waals surface area (Å²) in [7, 11) is 0. The summed E-state index contributed by atoms with van der Waals surface area (Å²) in [5.41, 5.74) is 5.99. The second-order valence-electron chi connectivity index (χ2n) is 12.1. The molecule has 0 bridgehead atoms. The van der Waals surface area contributed by atoms with Gasteiger partial charge in [0, 0.05) is 31.5 Å². The van der Waals surface area contributed by atoms with Crippen molar-refractivity contribution in [1.29, 1.82) is 0 Å². The fourth-order valence-corrected chi connectivity index (χ4v) is 5.42. The molecule has 4 heterocycles. The number of anilines is 8. The molecule has 6 aromatic rings. The molecule has 0 aliphatic carbocycles. The van der Waals surface area contributed by atoms with Crippen LogP contribution in [-0.4, -0.2) is 19.9 Å². The number of hydrogen-bond donors (Lipinski definition) is 0. The molecule has 1 radical (unpaired) electrons. The Morgan fingerprint density at radius 2 is 0.878 bits per heavy atom. The van der Waals surface area contributed by atoms with Gasteiger partial charge in [-0.25, -0.2) is 19.9 Å². The van der Waals surface area contributed by atoms with E-state index in [0.717, 1.165) is 57.4 Å². The summed E-state index contributed by atoms with van der Waals surface area (Å²) in [6, 6.07) is 42.7. The molecule has 0 N–H and O–H groups in total. The Labute approximate surface area is 302 Å². The van der Waals surface area contributed by atoms with Crippen molar-refractivity contribution in [1.82, 2.24) is 19.9 Å². The van der Waals surface area contributed by atoms with Gasteiger partial charge in [-0.15, -0.1) is 24.7 Å². The van der Waals surface area contributed by atoms with Crippen LogP contribution < -0.4 is 19.6 Å². The summed E-state index contributed by atoms with van der Waals surface area (Å²) >= 11 is 0. The molecule has 9 heteroatoms. The number of hydrogen-bond acceptors (Lipinski definition) is 8. The number of benzene rings is 4. The van der Waals surface area contributed by atoms with E-state index in [1.807, 2.05) is 120 Å². The molecular formula is C40H36IrN8-4. The average molecular weight is 821 g/mol. The normalized spacial score (nSPS) is 13.2. The average Bonchev–Trinajstić information content (AvgIpc) is 3.72. The Hall–Kier alpha value is -5.11. The zero-order chi connectivity index (χ0) is 33.0. The Bertz CT molecular complexity index is 1810. The van der Waals surface area contributed by atoms with E-state index in [-0.39, 0.29) is 20.1 Å². The van der Waals surface area contributed by atoms with E-state index in [1.165, 1.54) is 0 Å². The summed E-state index contributed by atoms with van der Waals surface area (Å²) in [5, 5.41) is 0. The predicted molar refractivity (Wildman–Crippen MR) is 193 cm³/mol. The van der Waals surface area contributed by atoms with Crippen LogP contribution in [0, 0.1) is 25.5 Å². The first-order valence-corrected chi connectivity index (χ1v) is 16.1. The smallest absolute Gasteiger partial charge is 0.146 e. The fraction of sp³-hybridized carbons (Fsp3) is 0.150. The monoisotopic (exact) mass is 821 g/mol. The Kier molecular flexibility index (Phi) is 10.3. The number of para-hydroxylation sites is 4. The van der Waals surface area contributed by atoms with Gasteiger partial charge in [0.25, 0.3) is 0 Å². The Morgan fingerprint density at radius 1 is 0.490 bits per heavy atom. The SMILES string of the molecule is CC(C)c1cnc2c(n1)N(c1[c-]cccc1)[CH-]N2c1ccccc1.CC(C)c1cnc2c(n1)N(c1ccccc1)[CH-]N2c1[c-]cccc1.[Ir]. The molecule has 249 valence electrons. The molecule has 0 saturated carbocycles. The Morgan fingerprint density at radius 3 is 1.31 bits per heavy atom. The van der Waals surface area contributed by atoms with Gasteiger partial charge in [-0.3, -0.25) is 0 Å². The number of fused-ring (bicyclic) bond motifs is 2. The van der Waals surface area contributed by atoms with Gasteiger partial charge < -0.3 is 19.6 Å². The molecule has 0 fully saturated rings. The topological polar surface area (TPSA) is 64.5 Å². The van der Waals surface area contributed by atoms with E-state index in [9.17, 15) is 0 Å². The van der Waals surface area contributed by atoms with Crippen LogP contribution in [-0.2, 0) is 20.1 Å². The summed E-state index contributed by atoms with van der Waals surface area (Å²) in [4.78, 5) is 27.3. The molecule has 49 heavy (non-hydrogen) atoms. The molecule has 4 aromatic carbocycles. The van der Waals surface area contributed by atoms with Crippen LogP contribution in [0.4, 0.5) is 46.0 Å². The van der Waals surface area contributed by atoms with Crippen molar-refractivity contribution in [3.05, 3.63) is 158 Å². The van der Waals surface area contributed by atoms with Crippen LogP contribution in [0.1, 0.15) is 50.9 Å². The van der Waals surface area contributed by atoms with Gasteiger partial charge in [-0.05, 0) is 36.1 Å². The molecule has 2 aliphatic rings. The second kappa shape index (κ2) is 15.0. The molecule has 0 spiro atoms. The van der Waals surface area contributed by atoms with E-state index in [0.29, 0.717) is 11.8 Å². The number of rotatable bonds is 6. The first kappa shape index (κ1) is 33.8. The van der Waals surface area contributed by atoms with E-state index in [4.69, 9.17) is 15.0 Å². The minimum absolute atomic E-state index is 0. The van der Waals surface area contributed by atoms with Crippen LogP contribution in [0.2, 0.25) is 0 Å². The van der Waals surface area contributed by atoms with Crippen molar-refractivity contribution in [3.63, 3.8) is 0 Å². The minimum atomic E-state index is 0. The number of aromatic nitrogens is 4. The molecule has 8 rings (SSSR count). The first-order chi connectivity index (χ1) is 23.5. The molecule has 0 saturated heterocycles.